The zero-order valence-corrected chi connectivity index (χ0v) is 20.0. The van der Waals surface area contributed by atoms with Crippen molar-refractivity contribution < 1.29 is 13.2 Å². The number of piperidine rings is 1. The number of aryl methyl sites for hydroxylation is 1. The zero-order valence-electron chi connectivity index (χ0n) is 20.0. The van der Waals surface area contributed by atoms with Gasteiger partial charge in [-0.25, -0.2) is 9.37 Å². The van der Waals surface area contributed by atoms with Crippen LogP contribution in [0.3, 0.4) is 0 Å². The summed E-state index contributed by atoms with van der Waals surface area (Å²) in [5, 5.41) is 1.02. The standard InChI is InChI=1S/C29H27F3N4/c1-34-18-23(21-6-2-3-7-24(21)30)22-11-10-19(16-27(22)34)17-35-14-12-20(13-15-35)28-33-25-8-4-5-9-26(25)36(28)29(31)32/h2-11,16,18,20,29H,12-15,17H2,1H3. The van der Waals surface area contributed by atoms with Crippen LogP contribution in [0, 0.1) is 5.82 Å². The number of halogens is 3. The molecule has 1 aliphatic rings. The van der Waals surface area contributed by atoms with Crippen molar-refractivity contribution in [1.82, 2.24) is 19.0 Å². The maximum absolute atomic E-state index is 14.4. The highest BCUT2D eigenvalue weighted by atomic mass is 19.3. The molecule has 6 rings (SSSR count). The second-order valence-corrected chi connectivity index (χ2v) is 9.64. The van der Waals surface area contributed by atoms with Crippen LogP contribution in [0.25, 0.3) is 33.1 Å². The van der Waals surface area contributed by atoms with Crippen LogP contribution in [0.2, 0.25) is 0 Å². The van der Waals surface area contributed by atoms with Crippen LogP contribution in [0.15, 0.2) is 72.9 Å². The van der Waals surface area contributed by atoms with Gasteiger partial charge < -0.3 is 4.57 Å². The fourth-order valence-electron chi connectivity index (χ4n) is 5.59. The Morgan fingerprint density at radius 3 is 2.44 bits per heavy atom. The first-order valence-electron chi connectivity index (χ1n) is 12.3. The van der Waals surface area contributed by atoms with Crippen molar-refractivity contribution in [3.8, 4) is 11.1 Å². The smallest absolute Gasteiger partial charge is 0.320 e. The molecule has 0 spiro atoms. The van der Waals surface area contributed by atoms with Crippen LogP contribution in [0.1, 0.15) is 36.7 Å². The molecule has 0 unspecified atom stereocenters. The zero-order chi connectivity index (χ0) is 24.8. The highest BCUT2D eigenvalue weighted by Gasteiger charge is 2.28. The van der Waals surface area contributed by atoms with Gasteiger partial charge in [0.05, 0.1) is 11.0 Å². The summed E-state index contributed by atoms with van der Waals surface area (Å²) in [6.07, 6.45) is 3.56. The number of hydrogen-bond donors (Lipinski definition) is 0. The highest BCUT2D eigenvalue weighted by molar-refractivity contribution is 5.96. The van der Waals surface area contributed by atoms with E-state index in [1.165, 1.54) is 11.6 Å². The molecular formula is C29H27F3N4. The second-order valence-electron chi connectivity index (χ2n) is 9.64. The molecule has 2 aromatic heterocycles. The van der Waals surface area contributed by atoms with E-state index in [0.717, 1.165) is 53.5 Å². The van der Waals surface area contributed by atoms with Gasteiger partial charge in [0.2, 0.25) is 0 Å². The number of hydrogen-bond acceptors (Lipinski definition) is 2. The Hall–Kier alpha value is -3.58. The third kappa shape index (κ3) is 3.97. The molecule has 0 N–H and O–H groups in total. The Kier molecular flexibility index (Phi) is 5.80. The molecule has 0 aliphatic carbocycles. The fraction of sp³-hybridized carbons (Fsp3) is 0.276. The third-order valence-corrected chi connectivity index (χ3v) is 7.40. The molecule has 3 heterocycles. The lowest BCUT2D eigenvalue weighted by Crippen LogP contribution is -2.33. The summed E-state index contributed by atoms with van der Waals surface area (Å²) in [5.41, 5.74) is 4.86. The van der Waals surface area contributed by atoms with Crippen LogP contribution in [-0.4, -0.2) is 32.1 Å². The average molecular weight is 489 g/mol. The van der Waals surface area contributed by atoms with Crippen molar-refractivity contribution in [3.63, 3.8) is 0 Å². The van der Waals surface area contributed by atoms with Crippen LogP contribution >= 0.6 is 0 Å². The monoisotopic (exact) mass is 488 g/mol. The summed E-state index contributed by atoms with van der Waals surface area (Å²) >= 11 is 0. The molecule has 0 amide bonds. The Morgan fingerprint density at radius 1 is 0.917 bits per heavy atom. The topological polar surface area (TPSA) is 26.0 Å². The number of nitrogens with zero attached hydrogens (tertiary/aromatic N) is 4. The van der Waals surface area contributed by atoms with E-state index in [1.54, 1.807) is 24.3 Å². The van der Waals surface area contributed by atoms with Crippen molar-refractivity contribution in [2.75, 3.05) is 13.1 Å². The van der Waals surface area contributed by atoms with Gasteiger partial charge in [0.15, 0.2) is 0 Å². The first-order chi connectivity index (χ1) is 17.5. The minimum atomic E-state index is -2.60. The summed E-state index contributed by atoms with van der Waals surface area (Å²) in [4.78, 5) is 6.95. The molecule has 1 saturated heterocycles. The summed E-state index contributed by atoms with van der Waals surface area (Å²) in [7, 11) is 1.98. The lowest BCUT2D eigenvalue weighted by atomic mass is 9.95. The van der Waals surface area contributed by atoms with Crippen molar-refractivity contribution in [2.45, 2.75) is 31.9 Å². The van der Waals surface area contributed by atoms with Gasteiger partial charge in [-0.2, -0.15) is 8.78 Å². The van der Waals surface area contributed by atoms with E-state index in [2.05, 4.69) is 28.1 Å². The Bertz CT molecular complexity index is 1540. The van der Waals surface area contributed by atoms with Gasteiger partial charge in [-0.05, 0) is 55.8 Å². The van der Waals surface area contributed by atoms with E-state index in [0.29, 0.717) is 22.4 Å². The Morgan fingerprint density at radius 2 is 1.67 bits per heavy atom. The van der Waals surface area contributed by atoms with Gasteiger partial charge in [-0.3, -0.25) is 9.47 Å². The molecule has 0 bridgehead atoms. The lowest BCUT2D eigenvalue weighted by molar-refractivity contribution is 0.0681. The Balaban J connectivity index is 1.19. The molecule has 0 atom stereocenters. The predicted molar refractivity (Wildman–Crippen MR) is 137 cm³/mol. The molecule has 0 radical (unpaired) electrons. The van der Waals surface area contributed by atoms with Gasteiger partial charge in [0, 0.05) is 47.7 Å². The highest BCUT2D eigenvalue weighted by Crippen LogP contribution is 2.35. The number of imidazole rings is 1. The van der Waals surface area contributed by atoms with Crippen LogP contribution in [0.4, 0.5) is 13.2 Å². The molecule has 7 heteroatoms. The van der Waals surface area contributed by atoms with E-state index in [9.17, 15) is 13.2 Å². The minimum Gasteiger partial charge on any atom is -0.350 e. The predicted octanol–water partition coefficient (Wildman–Crippen LogP) is 7.11. The second kappa shape index (κ2) is 9.13. The van der Waals surface area contributed by atoms with Gasteiger partial charge in [0.1, 0.15) is 11.6 Å². The molecule has 36 heavy (non-hydrogen) atoms. The number of para-hydroxylation sites is 2. The average Bonchev–Trinajstić information content (AvgIpc) is 3.43. The lowest BCUT2D eigenvalue weighted by Gasteiger charge is -2.32. The van der Waals surface area contributed by atoms with Crippen LogP contribution < -0.4 is 0 Å². The van der Waals surface area contributed by atoms with Crippen molar-refractivity contribution in [3.05, 3.63) is 90.1 Å². The number of fused-ring (bicyclic) bond motifs is 2. The minimum absolute atomic E-state index is 0.0151. The normalized spacial score (nSPS) is 15.5. The first kappa shape index (κ1) is 22.9. The molecular weight excluding hydrogens is 461 g/mol. The summed E-state index contributed by atoms with van der Waals surface area (Å²) < 4.78 is 45.4. The van der Waals surface area contributed by atoms with E-state index in [4.69, 9.17) is 0 Å². The van der Waals surface area contributed by atoms with Crippen LogP contribution in [-0.2, 0) is 13.6 Å². The van der Waals surface area contributed by atoms with Gasteiger partial charge in [-0.1, -0.05) is 42.5 Å². The first-order valence-corrected chi connectivity index (χ1v) is 12.3. The van der Waals surface area contributed by atoms with Crippen molar-refractivity contribution in [2.24, 2.45) is 7.05 Å². The van der Waals surface area contributed by atoms with Gasteiger partial charge in [0.25, 0.3) is 0 Å². The van der Waals surface area contributed by atoms with Crippen LogP contribution in [0.5, 0.6) is 0 Å². The SMILES string of the molecule is Cn1cc(-c2ccccc2F)c2ccc(CN3CCC(c4nc5ccccc5n4C(F)F)CC3)cc21. The fourth-order valence-corrected chi connectivity index (χ4v) is 5.59. The number of benzene rings is 3. The van der Waals surface area contributed by atoms with E-state index in [-0.39, 0.29) is 11.7 Å². The maximum atomic E-state index is 14.4. The van der Waals surface area contributed by atoms with Crippen molar-refractivity contribution >= 4 is 21.9 Å². The van der Waals surface area contributed by atoms with Gasteiger partial charge >= 0.3 is 6.55 Å². The Labute approximate surface area is 207 Å². The van der Waals surface area contributed by atoms with Gasteiger partial charge in [-0.15, -0.1) is 0 Å². The summed E-state index contributed by atoms with van der Waals surface area (Å²) in [6, 6.07) is 20.3. The van der Waals surface area contributed by atoms with E-state index < -0.39 is 6.55 Å². The molecule has 4 nitrogen and oxygen atoms in total. The largest absolute Gasteiger partial charge is 0.350 e. The molecule has 0 saturated carbocycles. The maximum Gasteiger partial charge on any atom is 0.320 e. The molecule has 3 aromatic carbocycles. The molecule has 184 valence electrons. The number of aromatic nitrogens is 3. The third-order valence-electron chi connectivity index (χ3n) is 7.40. The molecule has 1 aliphatic heterocycles. The van der Waals surface area contributed by atoms with Crippen molar-refractivity contribution in [1.29, 1.82) is 0 Å². The van der Waals surface area contributed by atoms with E-state index in [1.807, 2.05) is 36.0 Å². The molecule has 5 aromatic rings. The summed E-state index contributed by atoms with van der Waals surface area (Å²) in [6.45, 7) is -0.170. The van der Waals surface area contributed by atoms with E-state index >= 15 is 0 Å². The summed E-state index contributed by atoms with van der Waals surface area (Å²) in [5.74, 6) is 0.287. The number of likely N-dealkylation sites (tertiary alicyclic amines) is 1. The number of rotatable bonds is 5. The number of alkyl halides is 2. The molecule has 1 fully saturated rings. The quantitative estimate of drug-likeness (QED) is 0.264.